The highest BCUT2D eigenvalue weighted by Gasteiger charge is 2.42. The van der Waals surface area contributed by atoms with Gasteiger partial charge >= 0.3 is 6.11 Å². The minimum atomic E-state index is -4.14. The molecule has 0 spiro atoms. The van der Waals surface area contributed by atoms with Crippen molar-refractivity contribution in [1.82, 2.24) is 4.98 Å². The van der Waals surface area contributed by atoms with Crippen molar-refractivity contribution in [2.24, 2.45) is 0 Å². The molecule has 1 rings (SSSR count). The van der Waals surface area contributed by atoms with Crippen molar-refractivity contribution < 1.29 is 17.9 Å². The Balaban J connectivity index is 2.94. The first-order chi connectivity index (χ1) is 6.83. The van der Waals surface area contributed by atoms with E-state index in [-0.39, 0.29) is 9.63 Å². The Morgan fingerprint density at radius 3 is 2.67 bits per heavy atom. The van der Waals surface area contributed by atoms with E-state index in [4.69, 9.17) is 11.6 Å². The van der Waals surface area contributed by atoms with E-state index in [0.717, 1.165) is 6.07 Å². The number of alkyl halides is 4. The molecule has 84 valence electrons. The summed E-state index contributed by atoms with van der Waals surface area (Å²) in [7, 11) is 0. The van der Waals surface area contributed by atoms with Crippen LogP contribution in [-0.2, 0) is 0 Å². The Labute approximate surface area is 101 Å². The molecule has 1 aromatic rings. The van der Waals surface area contributed by atoms with Gasteiger partial charge in [-0.25, -0.2) is 9.37 Å². The van der Waals surface area contributed by atoms with Crippen molar-refractivity contribution in [3.63, 3.8) is 0 Å². The lowest BCUT2D eigenvalue weighted by molar-refractivity contribution is -0.199. The van der Waals surface area contributed by atoms with Crippen molar-refractivity contribution in [1.29, 1.82) is 0 Å². The molecule has 0 aliphatic heterocycles. The van der Waals surface area contributed by atoms with Crippen LogP contribution in [0, 0.1) is 0 Å². The molecule has 0 aliphatic carbocycles. The topological polar surface area (TPSA) is 22.1 Å². The molecule has 1 unspecified atom stereocenters. The second-order valence-electron chi connectivity index (χ2n) is 2.41. The summed E-state index contributed by atoms with van der Waals surface area (Å²) in [6.45, 7) is 0. The van der Waals surface area contributed by atoms with Gasteiger partial charge in [0.1, 0.15) is 4.60 Å². The fourth-order valence-electron chi connectivity index (χ4n) is 0.667. The summed E-state index contributed by atoms with van der Waals surface area (Å²) in [5.74, 6) is -0.393. The summed E-state index contributed by atoms with van der Waals surface area (Å²) in [4.78, 5) is 3.58. The Morgan fingerprint density at radius 1 is 1.53 bits per heavy atom. The predicted octanol–water partition coefficient (Wildman–Crippen LogP) is 4.00. The predicted molar refractivity (Wildman–Crippen MR) is 53.3 cm³/mol. The first kappa shape index (κ1) is 12.9. The first-order valence-electron chi connectivity index (χ1n) is 3.49. The van der Waals surface area contributed by atoms with Gasteiger partial charge < -0.3 is 4.74 Å². The molecule has 0 N–H and O–H groups in total. The smallest absolute Gasteiger partial charge is 0.426 e. The molecular formula is C7H3BrCl2F3NO. The van der Waals surface area contributed by atoms with Crippen molar-refractivity contribution in [3.8, 4) is 5.75 Å². The lowest BCUT2D eigenvalue weighted by atomic mass is 10.4. The van der Waals surface area contributed by atoms with Gasteiger partial charge in [0.05, 0.1) is 5.02 Å². The van der Waals surface area contributed by atoms with E-state index < -0.39 is 17.5 Å². The van der Waals surface area contributed by atoms with Crippen LogP contribution in [0.1, 0.15) is 0 Å². The number of ether oxygens (including phenoxy) is 1. The number of hydrogen-bond acceptors (Lipinski definition) is 2. The van der Waals surface area contributed by atoms with Gasteiger partial charge in [-0.3, -0.25) is 0 Å². The molecule has 8 heteroatoms. The zero-order valence-corrected chi connectivity index (χ0v) is 9.95. The molecule has 0 fully saturated rings. The number of hydrogen-bond donors (Lipinski definition) is 0. The lowest BCUT2D eigenvalue weighted by Gasteiger charge is -2.18. The molecule has 0 saturated heterocycles. The molecule has 1 atom stereocenters. The molecule has 1 aromatic heterocycles. The zero-order chi connectivity index (χ0) is 11.6. The summed E-state index contributed by atoms with van der Waals surface area (Å²) >= 11 is 12.9. The Kier molecular flexibility index (Phi) is 4.08. The van der Waals surface area contributed by atoms with Crippen LogP contribution in [0.25, 0.3) is 0 Å². The van der Waals surface area contributed by atoms with E-state index in [1.807, 2.05) is 0 Å². The summed E-state index contributed by atoms with van der Waals surface area (Å²) in [5.41, 5.74) is -2.96. The second kappa shape index (κ2) is 4.76. The molecule has 0 bridgehead atoms. The van der Waals surface area contributed by atoms with Gasteiger partial charge in [-0.1, -0.05) is 23.2 Å². The number of halogens is 6. The van der Waals surface area contributed by atoms with E-state index in [9.17, 15) is 13.2 Å². The molecular weight excluding hydrogens is 322 g/mol. The highest BCUT2D eigenvalue weighted by Crippen LogP contribution is 2.33. The summed E-state index contributed by atoms with van der Waals surface area (Å²) in [6, 6.07) is 1.06. The fraction of sp³-hybridized carbons (Fsp3) is 0.286. The van der Waals surface area contributed by atoms with Crippen LogP contribution in [0.3, 0.4) is 0 Å². The maximum atomic E-state index is 12.7. The van der Waals surface area contributed by atoms with Crippen molar-refractivity contribution in [2.45, 2.75) is 11.7 Å². The fourth-order valence-corrected chi connectivity index (χ4v) is 1.16. The molecule has 15 heavy (non-hydrogen) atoms. The van der Waals surface area contributed by atoms with Crippen molar-refractivity contribution >= 4 is 39.1 Å². The number of aromatic nitrogens is 1. The molecule has 0 aliphatic rings. The monoisotopic (exact) mass is 323 g/mol. The maximum Gasteiger partial charge on any atom is 0.444 e. The minimum Gasteiger partial charge on any atom is -0.426 e. The highest BCUT2D eigenvalue weighted by atomic mass is 79.9. The quantitative estimate of drug-likeness (QED) is 0.619. The van der Waals surface area contributed by atoms with E-state index in [0.29, 0.717) is 0 Å². The minimum absolute atomic E-state index is 0.0242. The zero-order valence-electron chi connectivity index (χ0n) is 6.86. The molecule has 0 aromatic carbocycles. The van der Waals surface area contributed by atoms with Crippen LogP contribution in [0.2, 0.25) is 5.02 Å². The van der Waals surface area contributed by atoms with E-state index in [1.165, 1.54) is 6.20 Å². The summed E-state index contributed by atoms with van der Waals surface area (Å²) in [6.07, 6.45) is -2.93. The Morgan fingerprint density at radius 2 is 2.13 bits per heavy atom. The van der Waals surface area contributed by atoms with Crippen LogP contribution >= 0.6 is 39.1 Å². The molecule has 1 heterocycles. The SMILES string of the molecule is FC(Cl)C(F)(F)Oc1cc(Cl)cnc1Br. The van der Waals surface area contributed by atoms with Crippen LogP contribution in [-0.4, -0.2) is 16.7 Å². The number of rotatable bonds is 3. The van der Waals surface area contributed by atoms with E-state index in [2.05, 4.69) is 37.3 Å². The summed E-state index contributed by atoms with van der Waals surface area (Å²) < 4.78 is 41.7. The highest BCUT2D eigenvalue weighted by molar-refractivity contribution is 9.10. The van der Waals surface area contributed by atoms with Crippen LogP contribution < -0.4 is 4.74 Å². The van der Waals surface area contributed by atoms with Gasteiger partial charge in [0.2, 0.25) is 0 Å². The second-order valence-corrected chi connectivity index (χ2v) is 3.98. The molecule has 0 radical (unpaired) electrons. The van der Waals surface area contributed by atoms with Crippen molar-refractivity contribution in [3.05, 3.63) is 21.9 Å². The van der Waals surface area contributed by atoms with Crippen LogP contribution in [0.15, 0.2) is 16.9 Å². The van der Waals surface area contributed by atoms with Crippen molar-refractivity contribution in [2.75, 3.05) is 0 Å². The lowest BCUT2D eigenvalue weighted by Crippen LogP contribution is -2.32. The normalized spacial score (nSPS) is 13.7. The average molecular weight is 325 g/mol. The van der Waals surface area contributed by atoms with Gasteiger partial charge in [0, 0.05) is 12.3 Å². The van der Waals surface area contributed by atoms with Crippen LogP contribution in [0.5, 0.6) is 5.75 Å². The third-order valence-electron chi connectivity index (χ3n) is 1.27. The summed E-state index contributed by atoms with van der Waals surface area (Å²) in [5, 5.41) is 0.0778. The Hall–Kier alpha value is -0.200. The molecule has 0 saturated carbocycles. The van der Waals surface area contributed by atoms with E-state index >= 15 is 0 Å². The molecule has 2 nitrogen and oxygen atoms in total. The largest absolute Gasteiger partial charge is 0.444 e. The third-order valence-corrected chi connectivity index (χ3v) is 2.33. The van der Waals surface area contributed by atoms with Gasteiger partial charge in [0.15, 0.2) is 5.75 Å². The molecule has 0 amide bonds. The van der Waals surface area contributed by atoms with Gasteiger partial charge in [-0.05, 0) is 15.9 Å². The van der Waals surface area contributed by atoms with E-state index in [1.54, 1.807) is 0 Å². The third kappa shape index (κ3) is 3.39. The van der Waals surface area contributed by atoms with Gasteiger partial charge in [-0.2, -0.15) is 8.78 Å². The average Bonchev–Trinajstić information content (AvgIpc) is 2.10. The standard InChI is InChI=1S/C7H3BrCl2F3NO/c8-5-4(1-3(9)2-14-5)15-7(12,13)6(10)11/h1-2,6H. The van der Waals surface area contributed by atoms with Gasteiger partial charge in [-0.15, -0.1) is 0 Å². The van der Waals surface area contributed by atoms with Crippen LogP contribution in [0.4, 0.5) is 13.2 Å². The maximum absolute atomic E-state index is 12.7. The van der Waals surface area contributed by atoms with Gasteiger partial charge in [0.25, 0.3) is 5.63 Å². The number of pyridine rings is 1. The first-order valence-corrected chi connectivity index (χ1v) is 5.09. The Bertz CT molecular complexity index is 364. The number of nitrogens with zero attached hydrogens (tertiary/aromatic N) is 1.